The van der Waals surface area contributed by atoms with Gasteiger partial charge in [0.25, 0.3) is 5.91 Å². The lowest BCUT2D eigenvalue weighted by atomic mass is 10.4. The molecule has 12 heavy (non-hydrogen) atoms. The first kappa shape index (κ1) is 8.34. The molecule has 0 spiro atoms. The smallest absolute Gasteiger partial charge is 0.270 e. The molecule has 4 heteroatoms. The van der Waals surface area contributed by atoms with Crippen LogP contribution in [0.2, 0.25) is 0 Å². The number of nitrogens with one attached hydrogen (secondary N) is 2. The zero-order valence-corrected chi connectivity index (χ0v) is 6.72. The highest BCUT2D eigenvalue weighted by atomic mass is 16.1. The number of hydrogen-bond donors (Lipinski definition) is 2. The second kappa shape index (κ2) is 4.19. The minimum atomic E-state index is -0.185. The monoisotopic (exact) mass is 163 g/mol. The molecular weight excluding hydrogens is 154 g/mol. The van der Waals surface area contributed by atoms with Gasteiger partial charge in [0.15, 0.2) is 0 Å². The average Bonchev–Trinajstić information content (AvgIpc) is 2.56. The molecule has 1 amide bonds. The van der Waals surface area contributed by atoms with Crippen LogP contribution < -0.4 is 5.32 Å². The fourth-order valence-electron chi connectivity index (χ4n) is 0.688. The number of aromatic nitrogens is 2. The van der Waals surface area contributed by atoms with Gasteiger partial charge in [-0.3, -0.25) is 4.79 Å². The molecule has 1 aromatic heterocycles. The topological polar surface area (TPSA) is 57.8 Å². The summed E-state index contributed by atoms with van der Waals surface area (Å²) in [6.07, 6.45) is 2.93. The Kier molecular flexibility index (Phi) is 2.91. The quantitative estimate of drug-likeness (QED) is 0.610. The van der Waals surface area contributed by atoms with Gasteiger partial charge in [0.05, 0.1) is 19.1 Å². The minimum absolute atomic E-state index is 0.185. The molecule has 0 aromatic carbocycles. The van der Waals surface area contributed by atoms with E-state index in [9.17, 15) is 4.79 Å². The fraction of sp³-hybridized carbons (Fsp3) is 0.250. The van der Waals surface area contributed by atoms with Crippen LogP contribution in [0.4, 0.5) is 0 Å². The van der Waals surface area contributed by atoms with E-state index in [1.165, 1.54) is 12.5 Å². The summed E-state index contributed by atoms with van der Waals surface area (Å²) in [6.45, 7) is 2.09. The number of hydrogen-bond acceptors (Lipinski definition) is 2. The maximum atomic E-state index is 11.1. The van der Waals surface area contributed by atoms with Crippen LogP contribution in [0.3, 0.4) is 0 Å². The Morgan fingerprint density at radius 1 is 1.83 bits per heavy atom. The number of rotatable bonds is 2. The first-order valence-corrected chi connectivity index (χ1v) is 3.50. The number of H-pyrrole nitrogens is 1. The molecule has 2 N–H and O–H groups in total. The standard InChI is InChI=1S/C8H9N3O/c1-2-3-4-10-8(12)7-5-9-6-11-7/h5-6H,4H2,1H3,(H,9,11)(H,10,12). The van der Waals surface area contributed by atoms with Gasteiger partial charge in [-0.1, -0.05) is 5.92 Å². The number of imidazole rings is 1. The molecule has 1 rings (SSSR count). The molecule has 0 aliphatic rings. The number of nitrogens with zero attached hydrogens (tertiary/aromatic N) is 1. The van der Waals surface area contributed by atoms with Gasteiger partial charge in [0.2, 0.25) is 0 Å². The Hall–Kier alpha value is -1.76. The van der Waals surface area contributed by atoms with E-state index in [0.29, 0.717) is 12.2 Å². The van der Waals surface area contributed by atoms with E-state index in [-0.39, 0.29) is 5.91 Å². The van der Waals surface area contributed by atoms with Gasteiger partial charge in [-0.25, -0.2) is 4.98 Å². The van der Waals surface area contributed by atoms with Crippen molar-refractivity contribution in [3.8, 4) is 11.8 Å². The lowest BCUT2D eigenvalue weighted by Gasteiger charge is -1.95. The molecule has 0 fully saturated rings. The third kappa shape index (κ3) is 2.13. The van der Waals surface area contributed by atoms with E-state index in [4.69, 9.17) is 0 Å². The summed E-state index contributed by atoms with van der Waals surface area (Å²) in [6, 6.07) is 0. The number of carbonyl (C=O) groups is 1. The zero-order valence-electron chi connectivity index (χ0n) is 6.72. The van der Waals surface area contributed by atoms with Crippen molar-refractivity contribution < 1.29 is 4.79 Å². The Labute approximate surface area is 70.4 Å². The molecule has 1 aromatic rings. The average molecular weight is 163 g/mol. The third-order valence-electron chi connectivity index (χ3n) is 1.26. The number of amides is 1. The van der Waals surface area contributed by atoms with Crippen molar-refractivity contribution in [2.24, 2.45) is 0 Å². The Balaban J connectivity index is 2.43. The molecule has 0 aliphatic carbocycles. The van der Waals surface area contributed by atoms with Crippen LogP contribution in [0.5, 0.6) is 0 Å². The van der Waals surface area contributed by atoms with E-state index in [2.05, 4.69) is 27.1 Å². The lowest BCUT2D eigenvalue weighted by Crippen LogP contribution is -2.23. The molecule has 0 saturated carbocycles. The van der Waals surface area contributed by atoms with Crippen molar-refractivity contribution in [2.45, 2.75) is 6.92 Å². The van der Waals surface area contributed by atoms with Crippen molar-refractivity contribution in [3.63, 3.8) is 0 Å². The normalized spacial score (nSPS) is 8.42. The number of carbonyl (C=O) groups excluding carboxylic acids is 1. The van der Waals surface area contributed by atoms with Crippen LogP contribution in [0.1, 0.15) is 17.4 Å². The van der Waals surface area contributed by atoms with Gasteiger partial charge in [-0.15, -0.1) is 5.92 Å². The van der Waals surface area contributed by atoms with Gasteiger partial charge in [0, 0.05) is 0 Å². The van der Waals surface area contributed by atoms with E-state index in [1.807, 2.05) is 0 Å². The molecule has 1 heterocycles. The van der Waals surface area contributed by atoms with Crippen LogP contribution >= 0.6 is 0 Å². The highest BCUT2D eigenvalue weighted by molar-refractivity contribution is 5.92. The van der Waals surface area contributed by atoms with E-state index in [0.717, 1.165) is 0 Å². The summed E-state index contributed by atoms with van der Waals surface area (Å²) in [7, 11) is 0. The van der Waals surface area contributed by atoms with Crippen LogP contribution in [0.25, 0.3) is 0 Å². The van der Waals surface area contributed by atoms with E-state index >= 15 is 0 Å². The predicted molar refractivity (Wildman–Crippen MR) is 44.4 cm³/mol. The first-order valence-electron chi connectivity index (χ1n) is 3.50. The Morgan fingerprint density at radius 3 is 3.25 bits per heavy atom. The molecule has 0 saturated heterocycles. The molecule has 0 unspecified atom stereocenters. The van der Waals surface area contributed by atoms with Gasteiger partial charge < -0.3 is 10.3 Å². The van der Waals surface area contributed by atoms with Gasteiger partial charge in [0.1, 0.15) is 5.69 Å². The van der Waals surface area contributed by atoms with Crippen LogP contribution in [0, 0.1) is 11.8 Å². The highest BCUT2D eigenvalue weighted by Crippen LogP contribution is 1.88. The zero-order chi connectivity index (χ0) is 8.81. The van der Waals surface area contributed by atoms with Gasteiger partial charge in [-0.05, 0) is 6.92 Å². The van der Waals surface area contributed by atoms with Crippen molar-refractivity contribution >= 4 is 5.91 Å². The molecular formula is C8H9N3O. The van der Waals surface area contributed by atoms with E-state index < -0.39 is 0 Å². The minimum Gasteiger partial charge on any atom is -0.341 e. The largest absolute Gasteiger partial charge is 0.341 e. The maximum Gasteiger partial charge on any atom is 0.270 e. The van der Waals surface area contributed by atoms with Crippen molar-refractivity contribution in [2.75, 3.05) is 6.54 Å². The predicted octanol–water partition coefficient (Wildman–Crippen LogP) is 0.163. The van der Waals surface area contributed by atoms with Crippen molar-refractivity contribution in [1.29, 1.82) is 0 Å². The van der Waals surface area contributed by atoms with Crippen molar-refractivity contribution in [1.82, 2.24) is 15.3 Å². The maximum absolute atomic E-state index is 11.1. The summed E-state index contributed by atoms with van der Waals surface area (Å²) < 4.78 is 0. The molecule has 0 atom stereocenters. The summed E-state index contributed by atoms with van der Waals surface area (Å²) in [5.41, 5.74) is 0.452. The molecule has 62 valence electrons. The van der Waals surface area contributed by atoms with E-state index in [1.54, 1.807) is 6.92 Å². The molecule has 0 bridgehead atoms. The molecule has 0 radical (unpaired) electrons. The van der Waals surface area contributed by atoms with Crippen LogP contribution in [-0.2, 0) is 0 Å². The summed E-state index contributed by atoms with van der Waals surface area (Å²) >= 11 is 0. The lowest BCUT2D eigenvalue weighted by molar-refractivity contribution is 0.0954. The summed E-state index contributed by atoms with van der Waals surface area (Å²) in [4.78, 5) is 17.5. The summed E-state index contributed by atoms with van der Waals surface area (Å²) in [5.74, 6) is 5.22. The van der Waals surface area contributed by atoms with Crippen molar-refractivity contribution in [3.05, 3.63) is 18.2 Å². The fourth-order valence-corrected chi connectivity index (χ4v) is 0.688. The Bertz CT molecular complexity index is 305. The summed E-state index contributed by atoms with van der Waals surface area (Å²) in [5, 5.41) is 2.60. The van der Waals surface area contributed by atoms with Crippen LogP contribution in [0.15, 0.2) is 12.5 Å². The first-order chi connectivity index (χ1) is 5.84. The highest BCUT2D eigenvalue weighted by Gasteiger charge is 2.03. The molecule has 0 aliphatic heterocycles. The SMILES string of the molecule is CC#CCNC(=O)c1cnc[nH]1. The number of aromatic amines is 1. The van der Waals surface area contributed by atoms with Crippen LogP contribution in [-0.4, -0.2) is 22.4 Å². The van der Waals surface area contributed by atoms with Gasteiger partial charge >= 0.3 is 0 Å². The molecule has 4 nitrogen and oxygen atoms in total. The second-order valence-corrected chi connectivity index (χ2v) is 2.07. The van der Waals surface area contributed by atoms with Gasteiger partial charge in [-0.2, -0.15) is 0 Å². The second-order valence-electron chi connectivity index (χ2n) is 2.07. The third-order valence-corrected chi connectivity index (χ3v) is 1.26. The Morgan fingerprint density at radius 2 is 2.67 bits per heavy atom.